The van der Waals surface area contributed by atoms with Crippen molar-refractivity contribution in [1.29, 1.82) is 0 Å². The van der Waals surface area contributed by atoms with Gasteiger partial charge in [-0.25, -0.2) is 9.97 Å². The van der Waals surface area contributed by atoms with Crippen molar-refractivity contribution in [1.82, 2.24) is 9.97 Å². The van der Waals surface area contributed by atoms with E-state index < -0.39 is 0 Å². The van der Waals surface area contributed by atoms with Gasteiger partial charge < -0.3 is 15.4 Å². The Balaban J connectivity index is 2.83. The molecule has 0 saturated heterocycles. The van der Waals surface area contributed by atoms with Gasteiger partial charge in [0, 0.05) is 31.0 Å². The fourth-order valence-corrected chi connectivity index (χ4v) is 2.57. The minimum absolute atomic E-state index is 0.425. The van der Waals surface area contributed by atoms with Crippen LogP contribution in [0.1, 0.15) is 39.4 Å². The lowest BCUT2D eigenvalue weighted by Gasteiger charge is -2.17. The summed E-state index contributed by atoms with van der Waals surface area (Å²) in [6.45, 7) is 8.33. The van der Waals surface area contributed by atoms with Gasteiger partial charge >= 0.3 is 0 Å². The molecular weight excluding hydrogens is 284 g/mol. The van der Waals surface area contributed by atoms with E-state index in [1.165, 1.54) is 0 Å². The highest BCUT2D eigenvalue weighted by Gasteiger charge is 2.09. The molecule has 0 amide bonds. The zero-order valence-corrected chi connectivity index (χ0v) is 14.4. The first kappa shape index (κ1) is 18.0. The van der Waals surface area contributed by atoms with Gasteiger partial charge in [0.05, 0.1) is 0 Å². The number of nitrogens with zero attached hydrogens (tertiary/aromatic N) is 2. The molecule has 120 valence electrons. The summed E-state index contributed by atoms with van der Waals surface area (Å²) in [7, 11) is 0. The van der Waals surface area contributed by atoms with Gasteiger partial charge in [0.25, 0.3) is 0 Å². The van der Waals surface area contributed by atoms with Crippen LogP contribution in [0.4, 0.5) is 11.6 Å². The Morgan fingerprint density at radius 2 is 2.00 bits per heavy atom. The Labute approximate surface area is 132 Å². The minimum atomic E-state index is 0.425. The third kappa shape index (κ3) is 7.00. The van der Waals surface area contributed by atoms with Crippen LogP contribution < -0.4 is 10.6 Å². The van der Waals surface area contributed by atoms with Gasteiger partial charge in [-0.3, -0.25) is 0 Å². The van der Waals surface area contributed by atoms with Gasteiger partial charge in [0.2, 0.25) is 0 Å². The van der Waals surface area contributed by atoms with Gasteiger partial charge in [-0.1, -0.05) is 13.8 Å². The van der Waals surface area contributed by atoms with E-state index in [4.69, 9.17) is 4.74 Å². The van der Waals surface area contributed by atoms with E-state index in [0.29, 0.717) is 19.3 Å². The highest BCUT2D eigenvalue weighted by Crippen LogP contribution is 2.15. The Hall–Kier alpha value is -1.01. The minimum Gasteiger partial charge on any atom is -0.374 e. The number of ether oxygens (including phenoxy) is 1. The molecule has 6 heteroatoms. The standard InChI is InChI=1S/C15H28N4OS/c1-5-8-16-13-9-14(17-12(6-2)11-21-4)19-15(18-13)10-20-7-3/h9,12H,5-8,10-11H2,1-4H3,(H2,16,17,18,19). The zero-order chi connectivity index (χ0) is 15.5. The molecule has 0 spiro atoms. The number of anilines is 2. The van der Waals surface area contributed by atoms with Crippen LogP contribution in [0.5, 0.6) is 0 Å². The van der Waals surface area contributed by atoms with Gasteiger partial charge in [0.15, 0.2) is 5.82 Å². The molecule has 21 heavy (non-hydrogen) atoms. The molecule has 1 aromatic rings. The van der Waals surface area contributed by atoms with Crippen molar-refractivity contribution in [3.63, 3.8) is 0 Å². The van der Waals surface area contributed by atoms with Crippen LogP contribution in [0.3, 0.4) is 0 Å². The maximum absolute atomic E-state index is 5.43. The van der Waals surface area contributed by atoms with Gasteiger partial charge in [-0.2, -0.15) is 11.8 Å². The molecule has 0 aliphatic carbocycles. The van der Waals surface area contributed by atoms with Crippen LogP contribution in [-0.2, 0) is 11.3 Å². The van der Waals surface area contributed by atoms with Gasteiger partial charge in [-0.15, -0.1) is 0 Å². The molecule has 1 atom stereocenters. The number of rotatable bonds is 11. The summed E-state index contributed by atoms with van der Waals surface area (Å²) in [4.78, 5) is 9.05. The lowest BCUT2D eigenvalue weighted by molar-refractivity contribution is 0.128. The average Bonchev–Trinajstić information content (AvgIpc) is 2.50. The van der Waals surface area contributed by atoms with Crippen molar-refractivity contribution in [2.45, 2.75) is 46.3 Å². The second kappa shape index (κ2) is 10.7. The predicted octanol–water partition coefficient (Wildman–Crippen LogP) is 3.39. The smallest absolute Gasteiger partial charge is 0.158 e. The number of thioether (sulfide) groups is 1. The molecule has 0 radical (unpaired) electrons. The van der Waals surface area contributed by atoms with Crippen molar-refractivity contribution >= 4 is 23.4 Å². The first-order valence-electron chi connectivity index (χ1n) is 7.68. The van der Waals surface area contributed by atoms with Crippen molar-refractivity contribution in [2.24, 2.45) is 0 Å². The zero-order valence-electron chi connectivity index (χ0n) is 13.6. The summed E-state index contributed by atoms with van der Waals surface area (Å²) in [5.41, 5.74) is 0. The van der Waals surface area contributed by atoms with E-state index in [1.807, 2.05) is 24.8 Å². The van der Waals surface area contributed by atoms with Gasteiger partial charge in [-0.05, 0) is 26.0 Å². The van der Waals surface area contributed by atoms with E-state index in [2.05, 4.69) is 40.7 Å². The monoisotopic (exact) mass is 312 g/mol. The molecule has 0 fully saturated rings. The average molecular weight is 312 g/mol. The fraction of sp³-hybridized carbons (Fsp3) is 0.733. The topological polar surface area (TPSA) is 59.1 Å². The van der Waals surface area contributed by atoms with E-state index in [1.54, 1.807) is 0 Å². The molecule has 1 unspecified atom stereocenters. The molecule has 0 bridgehead atoms. The molecule has 0 aliphatic rings. The van der Waals surface area contributed by atoms with Crippen molar-refractivity contribution < 1.29 is 4.74 Å². The number of hydrogen-bond donors (Lipinski definition) is 2. The molecule has 0 aromatic carbocycles. The summed E-state index contributed by atoms with van der Waals surface area (Å²) in [6.07, 6.45) is 4.26. The summed E-state index contributed by atoms with van der Waals surface area (Å²) < 4.78 is 5.43. The number of nitrogens with one attached hydrogen (secondary N) is 2. The van der Waals surface area contributed by atoms with Crippen LogP contribution in [0.25, 0.3) is 0 Å². The maximum Gasteiger partial charge on any atom is 0.158 e. The maximum atomic E-state index is 5.43. The normalized spacial score (nSPS) is 12.2. The molecule has 0 saturated carbocycles. The molecule has 1 aromatic heterocycles. The second-order valence-electron chi connectivity index (χ2n) is 4.82. The van der Waals surface area contributed by atoms with Gasteiger partial charge in [0.1, 0.15) is 18.2 Å². The van der Waals surface area contributed by atoms with Crippen LogP contribution in [0.15, 0.2) is 6.07 Å². The first-order valence-corrected chi connectivity index (χ1v) is 9.07. The van der Waals surface area contributed by atoms with Crippen LogP contribution in [0, 0.1) is 0 Å². The summed E-state index contributed by atoms with van der Waals surface area (Å²) in [6, 6.07) is 2.41. The lowest BCUT2D eigenvalue weighted by atomic mass is 10.2. The quantitative estimate of drug-likeness (QED) is 0.653. The SMILES string of the molecule is CCCNc1cc(NC(CC)CSC)nc(COCC)n1. The summed E-state index contributed by atoms with van der Waals surface area (Å²) in [5.74, 6) is 3.53. The third-order valence-corrected chi connectivity index (χ3v) is 3.71. The van der Waals surface area contributed by atoms with Crippen LogP contribution in [0.2, 0.25) is 0 Å². The van der Waals surface area contributed by atoms with E-state index in [9.17, 15) is 0 Å². The Kier molecular flexibility index (Phi) is 9.17. The Morgan fingerprint density at radius 1 is 1.24 bits per heavy atom. The number of aromatic nitrogens is 2. The van der Waals surface area contributed by atoms with E-state index >= 15 is 0 Å². The van der Waals surface area contributed by atoms with Crippen molar-refractivity contribution in [3.05, 3.63) is 11.9 Å². The highest BCUT2D eigenvalue weighted by molar-refractivity contribution is 7.98. The lowest BCUT2D eigenvalue weighted by Crippen LogP contribution is -2.22. The first-order chi connectivity index (χ1) is 10.2. The van der Waals surface area contributed by atoms with Crippen molar-refractivity contribution in [2.75, 3.05) is 35.8 Å². The third-order valence-electron chi connectivity index (χ3n) is 2.98. The molecular formula is C15H28N4OS. The Bertz CT molecular complexity index is 377. The number of hydrogen-bond acceptors (Lipinski definition) is 6. The summed E-state index contributed by atoms with van der Waals surface area (Å²) >= 11 is 1.84. The van der Waals surface area contributed by atoms with E-state index in [0.717, 1.165) is 42.6 Å². The largest absolute Gasteiger partial charge is 0.374 e. The van der Waals surface area contributed by atoms with Crippen LogP contribution >= 0.6 is 11.8 Å². The van der Waals surface area contributed by atoms with Crippen molar-refractivity contribution in [3.8, 4) is 0 Å². The second-order valence-corrected chi connectivity index (χ2v) is 5.73. The molecule has 1 rings (SSSR count). The fourth-order valence-electron chi connectivity index (χ4n) is 1.84. The van der Waals surface area contributed by atoms with E-state index in [-0.39, 0.29) is 0 Å². The predicted molar refractivity (Wildman–Crippen MR) is 92.2 cm³/mol. The molecule has 2 N–H and O–H groups in total. The Morgan fingerprint density at radius 3 is 2.62 bits per heavy atom. The molecule has 0 aliphatic heterocycles. The molecule has 1 heterocycles. The summed E-state index contributed by atoms with van der Waals surface area (Å²) in [5, 5.41) is 6.82. The molecule has 5 nitrogen and oxygen atoms in total. The van der Waals surface area contributed by atoms with Crippen LogP contribution in [-0.4, -0.2) is 41.2 Å². The highest BCUT2D eigenvalue weighted by atomic mass is 32.2.